The zero-order valence-electron chi connectivity index (χ0n) is 33.8. The summed E-state index contributed by atoms with van der Waals surface area (Å²) in [6.45, 7) is 15.0. The van der Waals surface area contributed by atoms with Crippen LogP contribution in [-0.4, -0.2) is 77.8 Å². The molecular weight excluding hydrogens is 725 g/mol. The van der Waals surface area contributed by atoms with Gasteiger partial charge < -0.3 is 39.4 Å². The third kappa shape index (κ3) is 9.40. The number of H-pyrrole nitrogens is 1. The first kappa shape index (κ1) is 41.2. The smallest absolute Gasteiger partial charge is 0.326 e. The van der Waals surface area contributed by atoms with Gasteiger partial charge in [0.25, 0.3) is 17.4 Å². The molecule has 6 rings (SSSR count). The Kier molecular flexibility index (Phi) is 13.2. The molecule has 12 nitrogen and oxygen atoms in total. The Morgan fingerprint density at radius 3 is 2.39 bits per heavy atom. The lowest BCUT2D eigenvalue weighted by atomic mass is 9.94. The molecule has 3 heterocycles. The molecule has 0 spiro atoms. The second-order valence-electron chi connectivity index (χ2n) is 15.3. The number of nitrogens with one attached hydrogen (secondary N) is 2. The molecule has 2 aliphatic heterocycles. The van der Waals surface area contributed by atoms with Crippen LogP contribution in [0.2, 0.25) is 0 Å². The van der Waals surface area contributed by atoms with E-state index in [1.807, 2.05) is 63.2 Å². The van der Waals surface area contributed by atoms with Gasteiger partial charge in [-0.3, -0.25) is 14.4 Å². The van der Waals surface area contributed by atoms with Crippen LogP contribution in [0.5, 0.6) is 5.75 Å². The van der Waals surface area contributed by atoms with E-state index in [9.17, 15) is 24.3 Å². The molecule has 57 heavy (non-hydrogen) atoms. The lowest BCUT2D eigenvalue weighted by Gasteiger charge is -2.37. The summed E-state index contributed by atoms with van der Waals surface area (Å²) in [7, 11) is 0. The fraction of sp³-hybridized carbons (Fsp3) is 0.422. The predicted octanol–water partition coefficient (Wildman–Crippen LogP) is 6.56. The number of rotatable bonds is 16. The lowest BCUT2D eigenvalue weighted by Crippen LogP contribution is -2.44. The van der Waals surface area contributed by atoms with E-state index in [4.69, 9.17) is 14.2 Å². The Hall–Kier alpha value is -5.46. The van der Waals surface area contributed by atoms with Crippen LogP contribution < -0.4 is 20.5 Å². The fourth-order valence-corrected chi connectivity index (χ4v) is 7.98. The van der Waals surface area contributed by atoms with Gasteiger partial charge in [-0.05, 0) is 110 Å². The van der Waals surface area contributed by atoms with E-state index >= 15 is 0 Å². The number of hydrogen-bond donors (Lipinski definition) is 3. The highest BCUT2D eigenvalue weighted by molar-refractivity contribution is 6.01. The first-order valence-corrected chi connectivity index (χ1v) is 19.8. The number of benzene rings is 3. The predicted molar refractivity (Wildman–Crippen MR) is 219 cm³/mol. The molecule has 1 atom stereocenters. The first-order valence-electron chi connectivity index (χ1n) is 19.8. The van der Waals surface area contributed by atoms with Crippen molar-refractivity contribution in [2.75, 3.05) is 37.9 Å². The molecule has 2 amide bonds. The van der Waals surface area contributed by atoms with E-state index in [0.717, 1.165) is 64.1 Å². The molecule has 2 aliphatic rings. The quantitative estimate of drug-likeness (QED) is 0.108. The van der Waals surface area contributed by atoms with E-state index in [2.05, 4.69) is 28.2 Å². The maximum Gasteiger partial charge on any atom is 0.326 e. The van der Waals surface area contributed by atoms with E-state index in [1.165, 1.54) is 4.90 Å². The third-order valence-corrected chi connectivity index (χ3v) is 11.0. The van der Waals surface area contributed by atoms with E-state index in [-0.39, 0.29) is 43.0 Å². The molecule has 1 saturated heterocycles. The van der Waals surface area contributed by atoms with Crippen LogP contribution in [0.15, 0.2) is 65.5 Å². The van der Waals surface area contributed by atoms with Gasteiger partial charge in [0.1, 0.15) is 18.4 Å². The minimum Gasteiger partial charge on any atom is -0.491 e. The van der Waals surface area contributed by atoms with Crippen LogP contribution in [0.25, 0.3) is 11.1 Å². The molecule has 12 heteroatoms. The van der Waals surface area contributed by atoms with Crippen LogP contribution in [0.4, 0.5) is 5.69 Å². The van der Waals surface area contributed by atoms with Crippen LogP contribution in [0.1, 0.15) is 87.8 Å². The van der Waals surface area contributed by atoms with Crippen molar-refractivity contribution in [3.8, 4) is 16.9 Å². The van der Waals surface area contributed by atoms with Gasteiger partial charge >= 0.3 is 5.97 Å². The van der Waals surface area contributed by atoms with E-state index in [1.54, 1.807) is 26.0 Å². The number of aryl methyl sites for hydroxylation is 2. The number of amides is 2. The second kappa shape index (κ2) is 18.2. The number of aromatic amines is 1. The average Bonchev–Trinajstić information content (AvgIpc) is 3.49. The molecule has 0 saturated carbocycles. The second-order valence-corrected chi connectivity index (χ2v) is 15.3. The van der Waals surface area contributed by atoms with Crippen molar-refractivity contribution in [1.29, 1.82) is 0 Å². The number of carboxylic acids is 1. The third-order valence-electron chi connectivity index (χ3n) is 11.0. The van der Waals surface area contributed by atoms with Gasteiger partial charge in [-0.2, -0.15) is 0 Å². The Labute approximate surface area is 334 Å². The minimum absolute atomic E-state index is 0.121. The zero-order chi connectivity index (χ0) is 40.8. The lowest BCUT2D eigenvalue weighted by molar-refractivity contribution is -0.144. The monoisotopic (exact) mass is 778 g/mol. The highest BCUT2D eigenvalue weighted by Crippen LogP contribution is 2.34. The summed E-state index contributed by atoms with van der Waals surface area (Å²) in [5.74, 6) is -1.25. The number of pyridine rings is 1. The highest BCUT2D eigenvalue weighted by Gasteiger charge is 2.38. The van der Waals surface area contributed by atoms with Crippen LogP contribution >= 0.6 is 0 Å². The summed E-state index contributed by atoms with van der Waals surface area (Å²) < 4.78 is 17.5. The Bertz CT molecular complexity index is 2160. The molecule has 3 N–H and O–H groups in total. The number of hydrogen-bond acceptors (Lipinski definition) is 8. The van der Waals surface area contributed by atoms with E-state index < -0.39 is 12.0 Å². The van der Waals surface area contributed by atoms with Crippen molar-refractivity contribution in [3.05, 3.63) is 116 Å². The maximum atomic E-state index is 13.9. The number of carbonyl (C=O) groups excluding carboxylic acids is 2. The van der Waals surface area contributed by atoms with Gasteiger partial charge in [0.15, 0.2) is 0 Å². The maximum absolute atomic E-state index is 13.9. The SMILES string of the molecule is CCN(c1cc(-c2ccc(COCCOc3ccc4c(c3)C(=O)N(C(C(=O)O)C(C)C)C4)cc2)cc(C(=O)NCc2c(C)cc(C)[nH]c2=O)c1C)C1CCOCC1. The first-order chi connectivity index (χ1) is 27.4. The molecule has 4 aromatic rings. The molecular formula is C45H54N4O8. The molecule has 0 aliphatic carbocycles. The molecule has 0 radical (unpaired) electrons. The molecule has 1 fully saturated rings. The van der Waals surface area contributed by atoms with Gasteiger partial charge in [0.2, 0.25) is 0 Å². The van der Waals surface area contributed by atoms with Crippen LogP contribution in [-0.2, 0) is 34.0 Å². The van der Waals surface area contributed by atoms with Crippen molar-refractivity contribution >= 4 is 23.5 Å². The number of carboxylic acid groups (broad SMARTS) is 1. The summed E-state index contributed by atoms with van der Waals surface area (Å²) in [5, 5.41) is 12.7. The normalized spacial score (nSPS) is 14.8. The molecule has 1 aromatic heterocycles. The summed E-state index contributed by atoms with van der Waals surface area (Å²) in [6.07, 6.45) is 1.82. The van der Waals surface area contributed by atoms with Gasteiger partial charge in [0, 0.05) is 67.0 Å². The summed E-state index contributed by atoms with van der Waals surface area (Å²) in [6, 6.07) is 18.8. The highest BCUT2D eigenvalue weighted by atomic mass is 16.5. The summed E-state index contributed by atoms with van der Waals surface area (Å²) in [5.41, 5.74) is 8.50. The largest absolute Gasteiger partial charge is 0.491 e. The van der Waals surface area contributed by atoms with Crippen molar-refractivity contribution in [2.45, 2.75) is 86.2 Å². The topological polar surface area (TPSA) is 150 Å². The Balaban J connectivity index is 1.11. The number of aliphatic carboxylic acids is 1. The standard InChI is InChI=1S/C45H54N4O8/c1-7-48(35-14-16-55-17-15-35)40-22-34(21-37(30(40)6)42(50)46-24-39-28(4)20-29(5)47-43(39)51)32-10-8-31(9-11-32)26-56-18-19-57-36-13-12-33-25-49(44(52)38(33)23-36)41(27(2)3)45(53)54/h8-13,20-23,27,35,41H,7,14-19,24-26H2,1-6H3,(H,46,50)(H,47,51)(H,53,54). The number of fused-ring (bicyclic) bond motifs is 1. The fourth-order valence-electron chi connectivity index (χ4n) is 7.98. The Morgan fingerprint density at radius 2 is 1.72 bits per heavy atom. The number of ether oxygens (including phenoxy) is 3. The molecule has 302 valence electrons. The number of aromatic nitrogens is 1. The van der Waals surface area contributed by atoms with Gasteiger partial charge in [-0.1, -0.05) is 44.2 Å². The van der Waals surface area contributed by atoms with Gasteiger partial charge in [-0.25, -0.2) is 4.79 Å². The van der Waals surface area contributed by atoms with Crippen LogP contribution in [0, 0.1) is 26.7 Å². The van der Waals surface area contributed by atoms with E-state index in [0.29, 0.717) is 54.9 Å². The summed E-state index contributed by atoms with van der Waals surface area (Å²) in [4.78, 5) is 58.1. The van der Waals surface area contributed by atoms with Crippen molar-refractivity contribution in [1.82, 2.24) is 15.2 Å². The average molecular weight is 779 g/mol. The van der Waals surface area contributed by atoms with Crippen LogP contribution in [0.3, 0.4) is 0 Å². The van der Waals surface area contributed by atoms with Gasteiger partial charge in [-0.15, -0.1) is 0 Å². The molecule has 1 unspecified atom stereocenters. The molecule has 0 bridgehead atoms. The van der Waals surface area contributed by atoms with Crippen molar-refractivity contribution in [3.63, 3.8) is 0 Å². The van der Waals surface area contributed by atoms with Crippen molar-refractivity contribution in [2.24, 2.45) is 5.92 Å². The van der Waals surface area contributed by atoms with Crippen molar-refractivity contribution < 1.29 is 33.7 Å². The number of anilines is 1. The zero-order valence-corrected chi connectivity index (χ0v) is 33.8. The summed E-state index contributed by atoms with van der Waals surface area (Å²) >= 11 is 0. The Morgan fingerprint density at radius 1 is 0.982 bits per heavy atom. The number of nitrogens with zero attached hydrogens (tertiary/aromatic N) is 2. The van der Waals surface area contributed by atoms with Gasteiger partial charge in [0.05, 0.1) is 13.2 Å². The number of carbonyl (C=O) groups is 3. The molecule has 3 aromatic carbocycles. The minimum atomic E-state index is -1.01.